The number of carboxylic acid groups (broad SMARTS) is 1. The predicted molar refractivity (Wildman–Crippen MR) is 71.6 cm³/mol. The Morgan fingerprint density at radius 1 is 1.37 bits per heavy atom. The molecule has 1 aromatic heterocycles. The lowest BCUT2D eigenvalue weighted by Crippen LogP contribution is -2.24. The van der Waals surface area contributed by atoms with E-state index in [1.165, 1.54) is 0 Å². The lowest BCUT2D eigenvalue weighted by atomic mass is 10.1. The summed E-state index contributed by atoms with van der Waals surface area (Å²) in [6, 6.07) is 7.10. The van der Waals surface area contributed by atoms with Crippen LogP contribution in [0.5, 0.6) is 0 Å². The highest BCUT2D eigenvalue weighted by Gasteiger charge is 2.15. The fourth-order valence-electron chi connectivity index (χ4n) is 2.07. The Hall–Kier alpha value is -1.81. The van der Waals surface area contributed by atoms with Gasteiger partial charge in [0.05, 0.1) is 23.0 Å². The molecule has 100 valence electrons. The summed E-state index contributed by atoms with van der Waals surface area (Å²) in [5.41, 5.74) is 2.12. The Bertz CT molecular complexity index is 603. The monoisotopic (exact) mass is 277 g/mol. The molecule has 0 spiro atoms. The fraction of sp³-hybridized carbons (Fsp3) is 0.286. The molecule has 2 rings (SSSR count). The molecule has 5 heteroatoms. The second-order valence-electron chi connectivity index (χ2n) is 4.33. The molecule has 0 radical (unpaired) electrons. The first-order valence-corrected chi connectivity index (χ1v) is 6.48. The average molecular weight is 278 g/mol. The van der Waals surface area contributed by atoms with Crippen LogP contribution in [0.1, 0.15) is 35.1 Å². The number of halogens is 1. The largest absolute Gasteiger partial charge is 0.545 e. The van der Waals surface area contributed by atoms with Gasteiger partial charge in [-0.15, -0.1) is 0 Å². The van der Waals surface area contributed by atoms with Gasteiger partial charge in [-0.05, 0) is 37.6 Å². The third-order valence-corrected chi connectivity index (χ3v) is 3.20. The zero-order valence-corrected chi connectivity index (χ0v) is 11.6. The van der Waals surface area contributed by atoms with E-state index in [0.717, 1.165) is 12.1 Å². The molecule has 1 aromatic carbocycles. The van der Waals surface area contributed by atoms with E-state index >= 15 is 0 Å². The summed E-state index contributed by atoms with van der Waals surface area (Å²) in [5, 5.41) is 16.2. The van der Waals surface area contributed by atoms with Gasteiger partial charge in [-0.25, -0.2) is 4.68 Å². The van der Waals surface area contributed by atoms with E-state index in [0.29, 0.717) is 22.8 Å². The molecule has 2 aromatic rings. The van der Waals surface area contributed by atoms with E-state index in [1.807, 2.05) is 6.92 Å². The van der Waals surface area contributed by atoms with Crippen LogP contribution in [0.2, 0.25) is 5.02 Å². The van der Waals surface area contributed by atoms with Crippen LogP contribution in [0.3, 0.4) is 0 Å². The first-order valence-electron chi connectivity index (χ1n) is 6.10. The van der Waals surface area contributed by atoms with Gasteiger partial charge in [0.15, 0.2) is 0 Å². The summed E-state index contributed by atoms with van der Waals surface area (Å²) >= 11 is 5.84. The van der Waals surface area contributed by atoms with Gasteiger partial charge in [-0.2, -0.15) is 5.10 Å². The zero-order chi connectivity index (χ0) is 14.0. The maximum atomic E-state index is 11.2. The van der Waals surface area contributed by atoms with Crippen molar-refractivity contribution in [1.29, 1.82) is 0 Å². The van der Waals surface area contributed by atoms with Crippen molar-refractivity contribution in [3.05, 3.63) is 46.2 Å². The summed E-state index contributed by atoms with van der Waals surface area (Å²) in [5.74, 6) is -1.18. The summed E-state index contributed by atoms with van der Waals surface area (Å²) in [6.45, 7) is 3.71. The van der Waals surface area contributed by atoms with Crippen molar-refractivity contribution in [1.82, 2.24) is 9.78 Å². The molecule has 0 fully saturated rings. The topological polar surface area (TPSA) is 58.0 Å². The molecule has 4 nitrogen and oxygen atoms in total. The lowest BCUT2D eigenvalue weighted by Gasteiger charge is -2.06. The van der Waals surface area contributed by atoms with Gasteiger partial charge < -0.3 is 9.90 Å². The van der Waals surface area contributed by atoms with Crippen molar-refractivity contribution in [2.45, 2.75) is 26.7 Å². The van der Waals surface area contributed by atoms with E-state index in [9.17, 15) is 9.90 Å². The Morgan fingerprint density at radius 2 is 2.00 bits per heavy atom. The smallest absolute Gasteiger partial charge is 0.0752 e. The number of hydrogen-bond acceptors (Lipinski definition) is 3. The molecule has 0 atom stereocenters. The summed E-state index contributed by atoms with van der Waals surface area (Å²) < 4.78 is 1.62. The number of benzene rings is 1. The average Bonchev–Trinajstić information content (AvgIpc) is 2.68. The molecule has 0 saturated carbocycles. The number of carboxylic acids is 1. The normalized spacial score (nSPS) is 10.7. The van der Waals surface area contributed by atoms with Crippen LogP contribution < -0.4 is 5.11 Å². The maximum Gasteiger partial charge on any atom is 0.0752 e. The van der Waals surface area contributed by atoms with Gasteiger partial charge in [-0.1, -0.05) is 24.9 Å². The predicted octanol–water partition coefficient (Wildman–Crippen LogP) is 2.15. The third kappa shape index (κ3) is 2.63. The second kappa shape index (κ2) is 5.45. The van der Waals surface area contributed by atoms with Gasteiger partial charge >= 0.3 is 0 Å². The summed E-state index contributed by atoms with van der Waals surface area (Å²) in [4.78, 5) is 11.2. The van der Waals surface area contributed by atoms with Crippen molar-refractivity contribution >= 4 is 17.6 Å². The molecule has 0 saturated heterocycles. The minimum Gasteiger partial charge on any atom is -0.545 e. The molecular formula is C14H14ClN2O2-. The van der Waals surface area contributed by atoms with Crippen molar-refractivity contribution in [3.8, 4) is 5.69 Å². The highest BCUT2D eigenvalue weighted by atomic mass is 35.5. The molecule has 0 bridgehead atoms. The highest BCUT2D eigenvalue weighted by Crippen LogP contribution is 2.20. The summed E-state index contributed by atoms with van der Waals surface area (Å²) in [7, 11) is 0. The van der Waals surface area contributed by atoms with E-state index < -0.39 is 5.97 Å². The summed E-state index contributed by atoms with van der Waals surface area (Å²) in [6.07, 6.45) is 1.45. The van der Waals surface area contributed by atoms with Crippen LogP contribution >= 0.6 is 11.6 Å². The van der Waals surface area contributed by atoms with Gasteiger partial charge in [0.1, 0.15) is 0 Å². The fourth-order valence-corrected chi connectivity index (χ4v) is 2.20. The van der Waals surface area contributed by atoms with E-state index in [1.54, 1.807) is 35.9 Å². The minimum absolute atomic E-state index is 0.191. The van der Waals surface area contributed by atoms with Gasteiger partial charge in [-0.3, -0.25) is 0 Å². The van der Waals surface area contributed by atoms with Crippen LogP contribution in [0.15, 0.2) is 24.3 Å². The molecular weight excluding hydrogens is 264 g/mol. The van der Waals surface area contributed by atoms with Crippen molar-refractivity contribution in [3.63, 3.8) is 0 Å². The number of hydrogen-bond donors (Lipinski definition) is 0. The van der Waals surface area contributed by atoms with E-state index in [2.05, 4.69) is 5.10 Å². The minimum atomic E-state index is -1.18. The number of nitrogens with zero attached hydrogens (tertiary/aromatic N) is 2. The van der Waals surface area contributed by atoms with E-state index in [4.69, 9.17) is 11.6 Å². The van der Waals surface area contributed by atoms with Crippen LogP contribution in [-0.2, 0) is 6.42 Å². The van der Waals surface area contributed by atoms with Gasteiger partial charge in [0, 0.05) is 10.6 Å². The zero-order valence-electron chi connectivity index (χ0n) is 10.8. The third-order valence-electron chi connectivity index (χ3n) is 2.95. The van der Waals surface area contributed by atoms with Crippen molar-refractivity contribution < 1.29 is 9.90 Å². The van der Waals surface area contributed by atoms with Crippen LogP contribution in [0.4, 0.5) is 0 Å². The Balaban J connectivity index is 2.55. The Kier molecular flexibility index (Phi) is 3.90. The molecule has 0 amide bonds. The molecule has 0 unspecified atom stereocenters. The highest BCUT2D eigenvalue weighted by molar-refractivity contribution is 6.30. The SMILES string of the molecule is CCCc1nn(-c2ccc(Cl)cc2)c(C)c1C(=O)[O-]. The molecule has 0 N–H and O–H groups in total. The first-order chi connectivity index (χ1) is 9.04. The molecule has 0 aliphatic carbocycles. The van der Waals surface area contributed by atoms with Gasteiger partial charge in [0.25, 0.3) is 0 Å². The standard InChI is InChI=1S/C14H15ClN2O2/c1-3-4-12-13(14(18)19)9(2)17(16-12)11-7-5-10(15)6-8-11/h5-8H,3-4H2,1-2H3,(H,18,19)/p-1. The maximum absolute atomic E-state index is 11.2. The van der Waals surface area contributed by atoms with Crippen molar-refractivity contribution in [2.24, 2.45) is 0 Å². The number of carbonyl (C=O) groups is 1. The Labute approximate surface area is 116 Å². The molecule has 1 heterocycles. The van der Waals surface area contributed by atoms with Crippen molar-refractivity contribution in [2.75, 3.05) is 0 Å². The molecule has 19 heavy (non-hydrogen) atoms. The number of carbonyl (C=O) groups excluding carboxylic acids is 1. The number of aromatic carboxylic acids is 1. The second-order valence-corrected chi connectivity index (χ2v) is 4.77. The number of aromatic nitrogens is 2. The Morgan fingerprint density at radius 3 is 2.53 bits per heavy atom. The molecule has 0 aliphatic heterocycles. The first kappa shape index (κ1) is 13.6. The number of aryl methyl sites for hydroxylation is 1. The van der Waals surface area contributed by atoms with E-state index in [-0.39, 0.29) is 5.56 Å². The quantitative estimate of drug-likeness (QED) is 0.860. The lowest BCUT2D eigenvalue weighted by molar-refractivity contribution is -0.255. The van der Waals surface area contributed by atoms with Crippen LogP contribution in [0, 0.1) is 6.92 Å². The van der Waals surface area contributed by atoms with Crippen LogP contribution in [-0.4, -0.2) is 15.7 Å². The number of rotatable bonds is 4. The molecule has 0 aliphatic rings. The van der Waals surface area contributed by atoms with Crippen LogP contribution in [0.25, 0.3) is 5.69 Å². The van der Waals surface area contributed by atoms with Gasteiger partial charge in [0.2, 0.25) is 0 Å².